The number of anilines is 1. The van der Waals surface area contributed by atoms with Gasteiger partial charge in [-0.25, -0.2) is 0 Å². The number of benzene rings is 3. The van der Waals surface area contributed by atoms with Crippen LogP contribution in [0, 0.1) is 0 Å². The Morgan fingerprint density at radius 1 is 0.852 bits per heavy atom. The van der Waals surface area contributed by atoms with E-state index in [1.54, 1.807) is 42.3 Å². The molecule has 0 aliphatic heterocycles. The normalized spacial score (nSPS) is 10.3. The van der Waals surface area contributed by atoms with Crippen LogP contribution in [-0.2, 0) is 6.54 Å². The number of halogens is 1. The van der Waals surface area contributed by atoms with Crippen molar-refractivity contribution in [2.45, 2.75) is 6.54 Å². The number of nitrogens with one attached hydrogen (secondary N) is 1. The first-order chi connectivity index (χ1) is 13.1. The molecular formula is C22H19ClN2O2. The molecule has 2 amide bonds. The van der Waals surface area contributed by atoms with E-state index in [0.717, 1.165) is 11.3 Å². The summed E-state index contributed by atoms with van der Waals surface area (Å²) in [6.07, 6.45) is 0. The van der Waals surface area contributed by atoms with Crippen molar-refractivity contribution in [2.24, 2.45) is 0 Å². The fourth-order valence-electron chi connectivity index (χ4n) is 2.65. The molecule has 1 N–H and O–H groups in total. The minimum absolute atomic E-state index is 0.135. The number of nitrogens with zero attached hydrogens (tertiary/aromatic N) is 1. The number of amides is 2. The van der Waals surface area contributed by atoms with Crippen LogP contribution in [-0.4, -0.2) is 18.9 Å². The highest BCUT2D eigenvalue weighted by Gasteiger charge is 2.14. The zero-order valence-corrected chi connectivity index (χ0v) is 15.6. The average Bonchev–Trinajstić information content (AvgIpc) is 2.72. The van der Waals surface area contributed by atoms with Gasteiger partial charge >= 0.3 is 0 Å². The molecule has 0 unspecified atom stereocenters. The van der Waals surface area contributed by atoms with Gasteiger partial charge in [0.15, 0.2) is 0 Å². The van der Waals surface area contributed by atoms with Crippen molar-refractivity contribution in [3.05, 3.63) is 101 Å². The van der Waals surface area contributed by atoms with Gasteiger partial charge in [-0.2, -0.15) is 0 Å². The van der Waals surface area contributed by atoms with Crippen molar-refractivity contribution in [1.29, 1.82) is 0 Å². The van der Waals surface area contributed by atoms with Gasteiger partial charge in [0.2, 0.25) is 0 Å². The Hall–Kier alpha value is -3.11. The average molecular weight is 379 g/mol. The first kappa shape index (κ1) is 18.7. The molecule has 136 valence electrons. The van der Waals surface area contributed by atoms with Crippen molar-refractivity contribution >= 4 is 29.1 Å². The maximum Gasteiger partial charge on any atom is 0.258 e. The van der Waals surface area contributed by atoms with Gasteiger partial charge in [0, 0.05) is 35.4 Å². The van der Waals surface area contributed by atoms with Gasteiger partial charge in [0.1, 0.15) is 0 Å². The van der Waals surface area contributed by atoms with Crippen LogP contribution in [0.1, 0.15) is 26.3 Å². The smallest absolute Gasteiger partial charge is 0.258 e. The van der Waals surface area contributed by atoms with Gasteiger partial charge in [-0.3, -0.25) is 9.59 Å². The zero-order valence-electron chi connectivity index (χ0n) is 14.9. The van der Waals surface area contributed by atoms with Crippen LogP contribution in [0.15, 0.2) is 78.9 Å². The van der Waals surface area contributed by atoms with Crippen LogP contribution in [0.3, 0.4) is 0 Å². The molecule has 0 bridgehead atoms. The van der Waals surface area contributed by atoms with Gasteiger partial charge in [0.05, 0.1) is 0 Å². The number of carbonyl (C=O) groups excluding carboxylic acids is 2. The molecule has 27 heavy (non-hydrogen) atoms. The van der Waals surface area contributed by atoms with Crippen LogP contribution >= 0.6 is 11.6 Å². The Labute approximate surface area is 163 Å². The minimum Gasteiger partial charge on any atom is -0.348 e. The highest BCUT2D eigenvalue weighted by atomic mass is 35.5. The lowest BCUT2D eigenvalue weighted by Gasteiger charge is -2.17. The Morgan fingerprint density at radius 3 is 2.11 bits per heavy atom. The first-order valence-electron chi connectivity index (χ1n) is 8.51. The molecule has 5 heteroatoms. The molecule has 0 saturated carbocycles. The number of rotatable bonds is 5. The van der Waals surface area contributed by atoms with Crippen molar-refractivity contribution < 1.29 is 9.59 Å². The van der Waals surface area contributed by atoms with E-state index >= 15 is 0 Å². The first-order valence-corrected chi connectivity index (χ1v) is 8.89. The second-order valence-corrected chi connectivity index (χ2v) is 6.46. The summed E-state index contributed by atoms with van der Waals surface area (Å²) in [5.74, 6) is -0.352. The van der Waals surface area contributed by atoms with Gasteiger partial charge in [-0.1, -0.05) is 48.0 Å². The van der Waals surface area contributed by atoms with Crippen LogP contribution in [0.4, 0.5) is 5.69 Å². The second kappa shape index (κ2) is 8.52. The minimum atomic E-state index is -0.217. The Morgan fingerprint density at radius 2 is 1.44 bits per heavy atom. The molecule has 3 aromatic carbocycles. The molecule has 0 aliphatic carbocycles. The van der Waals surface area contributed by atoms with E-state index in [4.69, 9.17) is 11.6 Å². The van der Waals surface area contributed by atoms with Gasteiger partial charge < -0.3 is 10.2 Å². The lowest BCUT2D eigenvalue weighted by molar-refractivity contribution is 0.0948. The summed E-state index contributed by atoms with van der Waals surface area (Å²) in [7, 11) is 1.72. The summed E-state index contributed by atoms with van der Waals surface area (Å²) in [6.45, 7) is 0.343. The summed E-state index contributed by atoms with van der Waals surface area (Å²) >= 11 is 6.10. The SMILES string of the molecule is CN(C(=O)c1ccc(C(=O)NCc2ccccc2Cl)cc1)c1ccccc1. The molecule has 0 saturated heterocycles. The Kier molecular flexibility index (Phi) is 5.89. The van der Waals surface area contributed by atoms with Crippen molar-refractivity contribution in [1.82, 2.24) is 5.32 Å². The third-order valence-corrected chi connectivity index (χ3v) is 4.61. The molecule has 0 radical (unpaired) electrons. The maximum atomic E-state index is 12.6. The summed E-state index contributed by atoms with van der Waals surface area (Å²) in [5.41, 5.74) is 2.66. The zero-order chi connectivity index (χ0) is 19.2. The highest BCUT2D eigenvalue weighted by molar-refractivity contribution is 6.31. The molecule has 3 aromatic rings. The van der Waals surface area contributed by atoms with E-state index in [1.165, 1.54) is 0 Å². The third-order valence-electron chi connectivity index (χ3n) is 4.24. The summed E-state index contributed by atoms with van der Waals surface area (Å²) < 4.78 is 0. The molecule has 0 atom stereocenters. The largest absolute Gasteiger partial charge is 0.348 e. The van der Waals surface area contributed by atoms with Crippen molar-refractivity contribution in [2.75, 3.05) is 11.9 Å². The summed E-state index contributed by atoms with van der Waals surface area (Å²) in [5, 5.41) is 3.45. The summed E-state index contributed by atoms with van der Waals surface area (Å²) in [6, 6.07) is 23.4. The lowest BCUT2D eigenvalue weighted by atomic mass is 10.1. The predicted octanol–water partition coefficient (Wildman–Crippen LogP) is 4.55. The molecule has 0 heterocycles. The van der Waals surface area contributed by atoms with E-state index in [-0.39, 0.29) is 11.8 Å². The third kappa shape index (κ3) is 4.54. The monoisotopic (exact) mass is 378 g/mol. The summed E-state index contributed by atoms with van der Waals surface area (Å²) in [4.78, 5) is 26.5. The van der Waals surface area contributed by atoms with Crippen LogP contribution < -0.4 is 10.2 Å². The number of hydrogen-bond donors (Lipinski definition) is 1. The van der Waals surface area contributed by atoms with Gasteiger partial charge in [0.25, 0.3) is 11.8 Å². The van der Waals surface area contributed by atoms with Gasteiger partial charge in [-0.05, 0) is 48.0 Å². The fourth-order valence-corrected chi connectivity index (χ4v) is 2.85. The van der Waals surface area contributed by atoms with Crippen LogP contribution in [0.2, 0.25) is 5.02 Å². The number of hydrogen-bond acceptors (Lipinski definition) is 2. The maximum absolute atomic E-state index is 12.6. The van der Waals surface area contributed by atoms with E-state index in [9.17, 15) is 9.59 Å². The molecular weight excluding hydrogens is 360 g/mol. The molecule has 0 aliphatic rings. The second-order valence-electron chi connectivity index (χ2n) is 6.05. The quantitative estimate of drug-likeness (QED) is 0.708. The molecule has 0 fully saturated rings. The number of carbonyl (C=O) groups is 2. The Bertz CT molecular complexity index is 940. The fraction of sp³-hybridized carbons (Fsp3) is 0.0909. The molecule has 3 rings (SSSR count). The lowest BCUT2D eigenvalue weighted by Crippen LogP contribution is -2.26. The predicted molar refractivity (Wildman–Crippen MR) is 108 cm³/mol. The van der Waals surface area contributed by atoms with Gasteiger partial charge in [-0.15, -0.1) is 0 Å². The molecule has 0 spiro atoms. The van der Waals surface area contributed by atoms with Crippen molar-refractivity contribution in [3.63, 3.8) is 0 Å². The Balaban J connectivity index is 1.65. The van der Waals surface area contributed by atoms with E-state index in [2.05, 4.69) is 5.32 Å². The standard InChI is InChI=1S/C22H19ClN2O2/c1-25(19-8-3-2-4-9-19)22(27)17-13-11-16(12-14-17)21(26)24-15-18-7-5-6-10-20(18)23/h2-14H,15H2,1H3,(H,24,26). The van der Waals surface area contributed by atoms with E-state index < -0.39 is 0 Å². The van der Waals surface area contributed by atoms with Crippen LogP contribution in [0.25, 0.3) is 0 Å². The van der Waals surface area contributed by atoms with Crippen molar-refractivity contribution in [3.8, 4) is 0 Å². The number of para-hydroxylation sites is 1. The van der Waals surface area contributed by atoms with E-state index in [0.29, 0.717) is 22.7 Å². The van der Waals surface area contributed by atoms with Crippen LogP contribution in [0.5, 0.6) is 0 Å². The van der Waals surface area contributed by atoms with E-state index in [1.807, 2.05) is 48.5 Å². The topological polar surface area (TPSA) is 49.4 Å². The highest BCUT2D eigenvalue weighted by Crippen LogP contribution is 2.16. The molecule has 4 nitrogen and oxygen atoms in total. The molecule has 0 aromatic heterocycles.